The van der Waals surface area contributed by atoms with E-state index in [-0.39, 0.29) is 17.9 Å². The predicted octanol–water partition coefficient (Wildman–Crippen LogP) is 6.33. The Labute approximate surface area is 181 Å². The van der Waals surface area contributed by atoms with Crippen LogP contribution in [0.4, 0.5) is 0 Å². The number of halogens is 1. The Bertz CT molecular complexity index is 916. The van der Waals surface area contributed by atoms with Crippen LogP contribution in [0.3, 0.4) is 0 Å². The number of nitrogens with zero attached hydrogens (tertiary/aromatic N) is 1. The fraction of sp³-hybridized carbons (Fsp3) is 0.333. The summed E-state index contributed by atoms with van der Waals surface area (Å²) in [5.41, 5.74) is 1.25. The highest BCUT2D eigenvalue weighted by molar-refractivity contribution is 8.04. The number of thioether (sulfide) groups is 1. The van der Waals surface area contributed by atoms with E-state index in [9.17, 15) is 9.59 Å². The van der Waals surface area contributed by atoms with Gasteiger partial charge in [-0.2, -0.15) is 0 Å². The second-order valence-corrected chi connectivity index (χ2v) is 9.13. The highest BCUT2D eigenvalue weighted by atomic mass is 35.5. The number of benzene rings is 2. The van der Waals surface area contributed by atoms with E-state index in [0.717, 1.165) is 36.1 Å². The van der Waals surface area contributed by atoms with Crippen molar-refractivity contribution in [2.24, 2.45) is 0 Å². The van der Waals surface area contributed by atoms with Gasteiger partial charge in [0.15, 0.2) is 0 Å². The van der Waals surface area contributed by atoms with Gasteiger partial charge in [0.05, 0.1) is 10.5 Å². The van der Waals surface area contributed by atoms with E-state index in [1.165, 1.54) is 31.0 Å². The van der Waals surface area contributed by atoms with Gasteiger partial charge in [-0.05, 0) is 42.7 Å². The Kier molecular flexibility index (Phi) is 6.41. The molecule has 1 fully saturated rings. The average Bonchev–Trinajstić information content (AvgIpc) is 2.94. The van der Waals surface area contributed by atoms with E-state index < -0.39 is 0 Å². The van der Waals surface area contributed by atoms with Gasteiger partial charge in [0, 0.05) is 16.0 Å². The maximum Gasteiger partial charge on any atom is 0.268 e. The zero-order chi connectivity index (χ0) is 20.2. The summed E-state index contributed by atoms with van der Waals surface area (Å²) in [4.78, 5) is 30.0. The van der Waals surface area contributed by atoms with Crippen LogP contribution in [0, 0.1) is 0 Å². The predicted molar refractivity (Wildman–Crippen MR) is 119 cm³/mol. The molecule has 2 aromatic carbocycles. The summed E-state index contributed by atoms with van der Waals surface area (Å²) in [7, 11) is 0. The van der Waals surface area contributed by atoms with Gasteiger partial charge in [0.1, 0.15) is 0 Å². The summed E-state index contributed by atoms with van der Waals surface area (Å²) >= 11 is 7.43. The second-order valence-electron chi connectivity index (χ2n) is 7.61. The molecule has 2 amide bonds. The third-order valence-corrected chi connectivity index (χ3v) is 6.95. The van der Waals surface area contributed by atoms with E-state index in [2.05, 4.69) is 0 Å². The largest absolute Gasteiger partial charge is 0.271 e. The number of hydrogen-bond donors (Lipinski definition) is 0. The van der Waals surface area contributed by atoms with Crippen molar-refractivity contribution in [2.75, 3.05) is 0 Å². The van der Waals surface area contributed by atoms with Crippen molar-refractivity contribution in [2.45, 2.75) is 55.9 Å². The minimum Gasteiger partial charge on any atom is -0.271 e. The van der Waals surface area contributed by atoms with Gasteiger partial charge >= 0.3 is 0 Å². The van der Waals surface area contributed by atoms with Crippen molar-refractivity contribution >= 4 is 40.8 Å². The van der Waals surface area contributed by atoms with Crippen LogP contribution in [0.15, 0.2) is 64.4 Å². The molecule has 0 spiro atoms. The van der Waals surface area contributed by atoms with Crippen molar-refractivity contribution in [3.63, 3.8) is 0 Å². The third-order valence-electron chi connectivity index (χ3n) is 5.61. The van der Waals surface area contributed by atoms with Gasteiger partial charge in [0.2, 0.25) is 0 Å². The summed E-state index contributed by atoms with van der Waals surface area (Å²) in [5, 5.41) is 0.611. The number of carbonyl (C=O) groups excluding carboxylic acids is 2. The Balaban J connectivity index is 1.71. The molecule has 0 aromatic heterocycles. The van der Waals surface area contributed by atoms with Gasteiger partial charge in [-0.3, -0.25) is 14.5 Å². The lowest BCUT2D eigenvalue weighted by Gasteiger charge is -2.28. The van der Waals surface area contributed by atoms with E-state index in [0.29, 0.717) is 15.5 Å². The van der Waals surface area contributed by atoms with Crippen molar-refractivity contribution in [1.82, 2.24) is 4.90 Å². The first-order chi connectivity index (χ1) is 14.1. The minimum atomic E-state index is -0.165. The van der Waals surface area contributed by atoms with Crippen LogP contribution in [0.2, 0.25) is 5.02 Å². The molecule has 0 N–H and O–H groups in total. The van der Waals surface area contributed by atoms with Crippen LogP contribution in [-0.2, 0) is 9.59 Å². The van der Waals surface area contributed by atoms with Gasteiger partial charge in [-0.25, -0.2) is 0 Å². The van der Waals surface area contributed by atoms with Gasteiger partial charge in [0.25, 0.3) is 11.8 Å². The van der Waals surface area contributed by atoms with E-state index >= 15 is 0 Å². The minimum absolute atomic E-state index is 0.00789. The molecule has 3 nitrogen and oxygen atoms in total. The molecule has 1 aliphatic carbocycles. The normalized spacial score (nSPS) is 18.9. The maximum atomic E-state index is 13.5. The molecule has 2 aromatic rings. The van der Waals surface area contributed by atoms with Crippen LogP contribution in [-0.4, -0.2) is 22.8 Å². The second kappa shape index (κ2) is 9.19. The Morgan fingerprint density at radius 3 is 2.07 bits per heavy atom. The average molecular weight is 426 g/mol. The van der Waals surface area contributed by atoms with Crippen LogP contribution >= 0.6 is 23.4 Å². The molecule has 0 bridgehead atoms. The molecule has 1 heterocycles. The molecule has 1 saturated carbocycles. The van der Waals surface area contributed by atoms with Crippen LogP contribution in [0.1, 0.15) is 50.5 Å². The summed E-state index contributed by atoms with van der Waals surface area (Å²) in [6.45, 7) is 0. The van der Waals surface area contributed by atoms with Crippen molar-refractivity contribution in [3.8, 4) is 0 Å². The van der Waals surface area contributed by atoms with Gasteiger partial charge in [-0.15, -0.1) is 0 Å². The molecular formula is C24H24ClNO2S. The topological polar surface area (TPSA) is 37.4 Å². The van der Waals surface area contributed by atoms with Crippen LogP contribution < -0.4 is 0 Å². The lowest BCUT2D eigenvalue weighted by Crippen LogP contribution is -2.41. The highest BCUT2D eigenvalue weighted by Gasteiger charge is 2.42. The molecule has 0 unspecified atom stereocenters. The highest BCUT2D eigenvalue weighted by Crippen LogP contribution is 2.41. The summed E-state index contributed by atoms with van der Waals surface area (Å²) < 4.78 is 0. The van der Waals surface area contributed by atoms with E-state index in [1.54, 1.807) is 17.0 Å². The molecule has 4 rings (SSSR count). The molecule has 2 aliphatic rings. The standard InChI is InChI=1S/C24H24ClNO2S/c25-18-15-13-17(14-16-18)21-22(29-20-11-7-4-8-12-20)24(28)26(23(21)27)19-9-5-2-1-3-6-10-19/h4,7-8,11-16,19H,1-3,5-6,9-10H2. The fourth-order valence-corrected chi connectivity index (χ4v) is 5.27. The molecule has 150 valence electrons. The summed E-state index contributed by atoms with van der Waals surface area (Å²) in [6.07, 6.45) is 7.53. The first-order valence-electron chi connectivity index (χ1n) is 10.3. The van der Waals surface area contributed by atoms with Crippen LogP contribution in [0.5, 0.6) is 0 Å². The number of imide groups is 1. The summed E-state index contributed by atoms with van der Waals surface area (Å²) in [5.74, 6) is -0.319. The van der Waals surface area contributed by atoms with Crippen molar-refractivity contribution in [3.05, 3.63) is 70.1 Å². The fourth-order valence-electron chi connectivity index (χ4n) is 4.12. The zero-order valence-corrected chi connectivity index (χ0v) is 17.8. The van der Waals surface area contributed by atoms with Gasteiger partial charge in [-0.1, -0.05) is 85.8 Å². The quantitative estimate of drug-likeness (QED) is 0.537. The molecule has 5 heteroatoms. The van der Waals surface area contributed by atoms with Crippen molar-refractivity contribution in [1.29, 1.82) is 0 Å². The molecule has 0 radical (unpaired) electrons. The number of amides is 2. The van der Waals surface area contributed by atoms with E-state index in [1.807, 2.05) is 42.5 Å². The maximum absolute atomic E-state index is 13.5. The molecular weight excluding hydrogens is 402 g/mol. The van der Waals surface area contributed by atoms with E-state index in [4.69, 9.17) is 11.6 Å². The first-order valence-corrected chi connectivity index (χ1v) is 11.5. The van der Waals surface area contributed by atoms with Crippen molar-refractivity contribution < 1.29 is 9.59 Å². The van der Waals surface area contributed by atoms with Gasteiger partial charge < -0.3 is 0 Å². The molecule has 0 saturated heterocycles. The monoisotopic (exact) mass is 425 g/mol. The molecule has 1 aliphatic heterocycles. The number of hydrogen-bond acceptors (Lipinski definition) is 3. The Morgan fingerprint density at radius 2 is 1.41 bits per heavy atom. The Morgan fingerprint density at radius 1 is 0.793 bits per heavy atom. The first kappa shape index (κ1) is 20.2. The summed E-state index contributed by atoms with van der Waals surface area (Å²) in [6, 6.07) is 17.0. The number of rotatable bonds is 4. The lowest BCUT2D eigenvalue weighted by atomic mass is 9.95. The third kappa shape index (κ3) is 4.44. The SMILES string of the molecule is O=C1C(Sc2ccccc2)=C(c2ccc(Cl)cc2)C(=O)N1C1CCCCCCC1. The zero-order valence-electron chi connectivity index (χ0n) is 16.3. The van der Waals surface area contributed by atoms with Crippen LogP contribution in [0.25, 0.3) is 5.57 Å². The smallest absolute Gasteiger partial charge is 0.268 e. The molecule has 29 heavy (non-hydrogen) atoms. The number of carbonyl (C=O) groups is 2. The lowest BCUT2D eigenvalue weighted by molar-refractivity contribution is -0.139. The molecule has 0 atom stereocenters. The Hall–Kier alpha value is -2.04.